The normalized spacial score (nSPS) is 13.2. The summed E-state index contributed by atoms with van der Waals surface area (Å²) in [5.74, 6) is -5.23. The zero-order chi connectivity index (χ0) is 10.6. The Hall–Kier alpha value is -0.994. The molecule has 0 rings (SSSR count). The standard InChI is InChI=1S/C6H7O7.Mg.H/c7-3(8)1-6(13,5(11)12)2-4(9)10;;/h1,13H,2H2,(H,7,8)(H,9,10)(H,11,12);;/q-1;+2;-1. The molecule has 1 atom stereocenters. The first-order valence-electron chi connectivity index (χ1n) is 3.04. The van der Waals surface area contributed by atoms with E-state index in [2.05, 4.69) is 0 Å². The minimum Gasteiger partial charge on any atom is -1.00 e. The zero-order valence-corrected chi connectivity index (χ0v) is 8.42. The van der Waals surface area contributed by atoms with Gasteiger partial charge in [-0.2, -0.15) is 0 Å². The van der Waals surface area contributed by atoms with Crippen molar-refractivity contribution in [1.29, 1.82) is 0 Å². The third kappa shape index (κ3) is 4.89. The second-order valence-corrected chi connectivity index (χ2v) is 2.28. The molecule has 4 N–H and O–H groups in total. The van der Waals surface area contributed by atoms with Crippen LogP contribution in [0.3, 0.4) is 0 Å². The minimum absolute atomic E-state index is 0. The van der Waals surface area contributed by atoms with Gasteiger partial charge in [0.1, 0.15) is 0 Å². The van der Waals surface area contributed by atoms with E-state index >= 15 is 0 Å². The van der Waals surface area contributed by atoms with Crippen molar-refractivity contribution in [3.05, 3.63) is 6.42 Å². The molecule has 0 heterocycles. The van der Waals surface area contributed by atoms with Crippen molar-refractivity contribution in [3.8, 4) is 0 Å². The van der Waals surface area contributed by atoms with E-state index in [9.17, 15) is 14.4 Å². The van der Waals surface area contributed by atoms with Gasteiger partial charge in [-0.15, -0.1) is 0 Å². The Morgan fingerprint density at radius 1 is 1.21 bits per heavy atom. The van der Waals surface area contributed by atoms with Crippen molar-refractivity contribution in [2.75, 3.05) is 0 Å². The Balaban J connectivity index is -0.000000720. The van der Waals surface area contributed by atoms with Crippen molar-refractivity contribution in [2.45, 2.75) is 12.0 Å². The summed E-state index contributed by atoms with van der Waals surface area (Å²) in [6.07, 6.45) is -1.18. The van der Waals surface area contributed by atoms with E-state index in [0.29, 0.717) is 0 Å². The van der Waals surface area contributed by atoms with Crippen molar-refractivity contribution in [3.63, 3.8) is 0 Å². The number of carboxylic acid groups (broad SMARTS) is 3. The Morgan fingerprint density at radius 2 is 1.64 bits per heavy atom. The SMILES string of the molecule is O=C(O)[CH-]C(O)(CC(=O)O)C(=O)O.[H-].[Mg+2]. The molecule has 8 heteroatoms. The molecule has 0 amide bonds. The van der Waals surface area contributed by atoms with E-state index in [4.69, 9.17) is 20.4 Å². The largest absolute Gasteiger partial charge is 2.00 e. The van der Waals surface area contributed by atoms with Gasteiger partial charge in [0.15, 0.2) is 5.97 Å². The van der Waals surface area contributed by atoms with Gasteiger partial charge >= 0.3 is 35.0 Å². The minimum atomic E-state index is -2.86. The summed E-state index contributed by atoms with van der Waals surface area (Å²) < 4.78 is 0. The Morgan fingerprint density at radius 3 is 1.86 bits per heavy atom. The first-order valence-corrected chi connectivity index (χ1v) is 3.04. The average Bonchev–Trinajstić information content (AvgIpc) is 1.82. The second-order valence-electron chi connectivity index (χ2n) is 2.28. The van der Waals surface area contributed by atoms with Gasteiger partial charge in [-0.05, 0) is 0 Å². The quantitative estimate of drug-likeness (QED) is 0.318. The van der Waals surface area contributed by atoms with Gasteiger partial charge in [-0.1, -0.05) is 0 Å². The summed E-state index contributed by atoms with van der Waals surface area (Å²) in [6, 6.07) is 0. The Kier molecular flexibility index (Phi) is 6.28. The molecule has 0 spiro atoms. The molecule has 0 aromatic heterocycles. The predicted molar refractivity (Wildman–Crippen MR) is 43.6 cm³/mol. The van der Waals surface area contributed by atoms with Gasteiger partial charge < -0.3 is 21.9 Å². The number of carbonyl (C=O) groups is 3. The van der Waals surface area contributed by atoms with Crippen LogP contribution in [0, 0.1) is 6.42 Å². The van der Waals surface area contributed by atoms with Crippen molar-refractivity contribution in [1.82, 2.24) is 0 Å². The van der Waals surface area contributed by atoms with E-state index in [-0.39, 0.29) is 30.9 Å². The van der Waals surface area contributed by atoms with E-state index in [1.807, 2.05) is 0 Å². The monoisotopic (exact) mass is 216 g/mol. The maximum atomic E-state index is 10.3. The molecular weight excluding hydrogens is 208 g/mol. The first kappa shape index (κ1) is 15.5. The predicted octanol–water partition coefficient (Wildman–Crippen LogP) is -1.70. The van der Waals surface area contributed by atoms with Crippen LogP contribution in [0.15, 0.2) is 0 Å². The maximum absolute atomic E-state index is 10.3. The number of hydrogen-bond acceptors (Lipinski definition) is 4. The molecule has 1 unspecified atom stereocenters. The summed E-state index contributed by atoms with van der Waals surface area (Å²) in [5.41, 5.74) is -2.86. The number of carboxylic acids is 3. The molecule has 0 bridgehead atoms. The summed E-state index contributed by atoms with van der Waals surface area (Å²) >= 11 is 0. The molecular formula is C6H8MgO7. The van der Waals surface area contributed by atoms with Gasteiger partial charge in [0.2, 0.25) is 0 Å². The molecule has 0 aliphatic heterocycles. The Bertz CT molecular complexity index is 238. The smallest absolute Gasteiger partial charge is 1.00 e. The van der Waals surface area contributed by atoms with Gasteiger partial charge in [0.25, 0.3) is 0 Å². The third-order valence-corrected chi connectivity index (χ3v) is 1.15. The number of aliphatic carboxylic acids is 3. The van der Waals surface area contributed by atoms with Crippen LogP contribution in [0.2, 0.25) is 0 Å². The summed E-state index contributed by atoms with van der Waals surface area (Å²) in [4.78, 5) is 30.4. The molecule has 0 aliphatic carbocycles. The third-order valence-electron chi connectivity index (χ3n) is 1.15. The van der Waals surface area contributed by atoms with Crippen LogP contribution in [0.25, 0.3) is 0 Å². The van der Waals surface area contributed by atoms with E-state index in [1.165, 1.54) is 0 Å². The second kappa shape index (κ2) is 5.68. The van der Waals surface area contributed by atoms with Gasteiger partial charge in [0.05, 0.1) is 12.0 Å². The van der Waals surface area contributed by atoms with E-state index in [1.54, 1.807) is 0 Å². The van der Waals surface area contributed by atoms with Crippen molar-refractivity contribution < 1.29 is 36.2 Å². The fourth-order valence-electron chi connectivity index (χ4n) is 0.623. The molecule has 0 saturated heterocycles. The van der Waals surface area contributed by atoms with Crippen LogP contribution in [-0.4, -0.2) is 67.0 Å². The van der Waals surface area contributed by atoms with Crippen LogP contribution < -0.4 is 0 Å². The Labute approximate surface area is 96.0 Å². The first-order chi connectivity index (χ1) is 5.78. The molecule has 0 aromatic rings. The summed E-state index contributed by atoms with van der Waals surface area (Å²) in [5, 5.41) is 33.6. The summed E-state index contributed by atoms with van der Waals surface area (Å²) in [7, 11) is 0. The van der Waals surface area contributed by atoms with E-state index in [0.717, 1.165) is 0 Å². The van der Waals surface area contributed by atoms with Crippen LogP contribution in [-0.2, 0) is 14.4 Å². The summed E-state index contributed by atoms with van der Waals surface area (Å²) in [6.45, 7) is 0. The molecule has 0 aromatic carbocycles. The molecule has 7 nitrogen and oxygen atoms in total. The van der Waals surface area contributed by atoms with Gasteiger partial charge in [-0.3, -0.25) is 14.4 Å². The van der Waals surface area contributed by atoms with Crippen LogP contribution >= 0.6 is 0 Å². The number of rotatable bonds is 5. The fourth-order valence-corrected chi connectivity index (χ4v) is 0.623. The average molecular weight is 216 g/mol. The maximum Gasteiger partial charge on any atom is 2.00 e. The van der Waals surface area contributed by atoms with Crippen molar-refractivity contribution >= 4 is 41.0 Å². The molecule has 0 fully saturated rings. The molecule has 0 radical (unpaired) electrons. The van der Waals surface area contributed by atoms with Gasteiger partial charge in [-0.25, -0.2) is 6.42 Å². The van der Waals surface area contributed by atoms with Crippen LogP contribution in [0.1, 0.15) is 7.85 Å². The van der Waals surface area contributed by atoms with Crippen molar-refractivity contribution in [2.24, 2.45) is 0 Å². The van der Waals surface area contributed by atoms with Gasteiger partial charge in [0, 0.05) is 0 Å². The molecule has 0 aliphatic rings. The topological polar surface area (TPSA) is 132 Å². The number of hydrogen-bond donors (Lipinski definition) is 4. The molecule has 14 heavy (non-hydrogen) atoms. The molecule has 76 valence electrons. The fraction of sp³-hybridized carbons (Fsp3) is 0.333. The number of aliphatic hydroxyl groups is 1. The molecule has 0 saturated carbocycles. The van der Waals surface area contributed by atoms with E-state index < -0.39 is 29.9 Å². The van der Waals surface area contributed by atoms with Crippen LogP contribution in [0.5, 0.6) is 0 Å². The van der Waals surface area contributed by atoms with Crippen LogP contribution in [0.4, 0.5) is 0 Å². The zero-order valence-electron chi connectivity index (χ0n) is 8.01.